The molecule has 0 radical (unpaired) electrons. The highest BCUT2D eigenvalue weighted by molar-refractivity contribution is 7.14. The summed E-state index contributed by atoms with van der Waals surface area (Å²) in [6.07, 6.45) is 2.67. The van der Waals surface area contributed by atoms with Gasteiger partial charge >= 0.3 is 0 Å². The molecule has 3 heterocycles. The van der Waals surface area contributed by atoms with E-state index in [1.54, 1.807) is 0 Å². The van der Waals surface area contributed by atoms with Gasteiger partial charge in [0, 0.05) is 23.7 Å². The molecule has 1 unspecified atom stereocenters. The van der Waals surface area contributed by atoms with E-state index in [0.717, 1.165) is 36.1 Å². The number of thiophene rings is 1. The Hall–Kier alpha value is -1.77. The normalized spacial score (nSPS) is 16.8. The Bertz CT molecular complexity index is 752. The van der Waals surface area contributed by atoms with E-state index >= 15 is 0 Å². The van der Waals surface area contributed by atoms with Crippen molar-refractivity contribution in [3.8, 4) is 0 Å². The molecule has 0 aromatic carbocycles. The van der Waals surface area contributed by atoms with Gasteiger partial charge in [0.2, 0.25) is 11.8 Å². The number of nitrogens with zero attached hydrogens (tertiary/aromatic N) is 2. The van der Waals surface area contributed by atoms with Crippen molar-refractivity contribution in [2.45, 2.75) is 45.7 Å². The molecule has 1 saturated heterocycles. The van der Waals surface area contributed by atoms with Crippen LogP contribution in [0.1, 0.15) is 49.7 Å². The minimum absolute atomic E-state index is 0.144. The molecule has 27 heavy (non-hydrogen) atoms. The van der Waals surface area contributed by atoms with Gasteiger partial charge in [0.15, 0.2) is 5.13 Å². The molecule has 146 valence electrons. The predicted molar refractivity (Wildman–Crippen MR) is 110 cm³/mol. The highest BCUT2D eigenvalue weighted by Gasteiger charge is 2.20. The number of amides is 2. The quantitative estimate of drug-likeness (QED) is 0.736. The Labute approximate surface area is 168 Å². The summed E-state index contributed by atoms with van der Waals surface area (Å²) in [5.41, 5.74) is 1.00. The van der Waals surface area contributed by atoms with E-state index < -0.39 is 0 Å². The highest BCUT2D eigenvalue weighted by atomic mass is 32.1. The van der Waals surface area contributed by atoms with Gasteiger partial charge in [-0.2, -0.15) is 0 Å². The lowest BCUT2D eigenvalue weighted by molar-refractivity contribution is -0.120. The second-order valence-electron chi connectivity index (χ2n) is 7.12. The number of rotatable bonds is 7. The molecule has 8 heteroatoms. The van der Waals surface area contributed by atoms with Gasteiger partial charge in [0.05, 0.1) is 18.2 Å². The van der Waals surface area contributed by atoms with Gasteiger partial charge in [-0.05, 0) is 43.3 Å². The predicted octanol–water partition coefficient (Wildman–Crippen LogP) is 3.64. The monoisotopic (exact) mass is 406 g/mol. The van der Waals surface area contributed by atoms with Crippen molar-refractivity contribution >= 4 is 39.6 Å². The summed E-state index contributed by atoms with van der Waals surface area (Å²) >= 11 is 2.98. The van der Waals surface area contributed by atoms with Crippen molar-refractivity contribution in [3.63, 3.8) is 0 Å². The van der Waals surface area contributed by atoms with Gasteiger partial charge < -0.3 is 10.6 Å². The van der Waals surface area contributed by atoms with Crippen molar-refractivity contribution in [1.29, 1.82) is 0 Å². The number of hydrogen-bond acceptors (Lipinski definition) is 6. The van der Waals surface area contributed by atoms with Crippen molar-refractivity contribution in [2.24, 2.45) is 5.92 Å². The van der Waals surface area contributed by atoms with Gasteiger partial charge in [-0.1, -0.05) is 13.0 Å². The maximum atomic E-state index is 12.4. The minimum atomic E-state index is -0.308. The molecule has 0 aliphatic carbocycles. The van der Waals surface area contributed by atoms with Crippen LogP contribution in [0.3, 0.4) is 0 Å². The van der Waals surface area contributed by atoms with E-state index in [1.807, 2.05) is 22.9 Å². The zero-order valence-electron chi connectivity index (χ0n) is 15.7. The van der Waals surface area contributed by atoms with Crippen molar-refractivity contribution in [1.82, 2.24) is 15.2 Å². The summed E-state index contributed by atoms with van der Waals surface area (Å²) < 4.78 is 0. The first-order valence-electron chi connectivity index (χ1n) is 9.26. The van der Waals surface area contributed by atoms with Crippen LogP contribution < -0.4 is 10.6 Å². The average molecular weight is 407 g/mol. The molecule has 2 aromatic heterocycles. The molecule has 3 rings (SSSR count). The van der Waals surface area contributed by atoms with E-state index in [-0.39, 0.29) is 24.3 Å². The van der Waals surface area contributed by atoms with Gasteiger partial charge in [-0.3, -0.25) is 14.5 Å². The standard InChI is InChI=1S/C19H26N4O2S2/c1-13-5-7-23(8-6-13)11-15-12-27-19(21-15)22-18(25)10-16(20-14(2)24)17-4-3-9-26-17/h3-4,9,12-13,16H,5-8,10-11H2,1-2H3,(H,20,24)(H,21,22,25). The van der Waals surface area contributed by atoms with E-state index in [9.17, 15) is 9.59 Å². The van der Waals surface area contributed by atoms with Crippen LogP contribution in [-0.2, 0) is 16.1 Å². The van der Waals surface area contributed by atoms with Crippen molar-refractivity contribution in [2.75, 3.05) is 18.4 Å². The lowest BCUT2D eigenvalue weighted by atomic mass is 9.99. The molecule has 2 aromatic rings. The average Bonchev–Trinajstić information content (AvgIpc) is 3.28. The third kappa shape index (κ3) is 6.12. The third-order valence-electron chi connectivity index (χ3n) is 4.71. The minimum Gasteiger partial charge on any atom is -0.348 e. The Balaban J connectivity index is 1.53. The lowest BCUT2D eigenvalue weighted by Crippen LogP contribution is -2.32. The molecule has 2 N–H and O–H groups in total. The Morgan fingerprint density at radius 1 is 1.33 bits per heavy atom. The third-order valence-corrected chi connectivity index (χ3v) is 6.51. The number of aromatic nitrogens is 1. The van der Waals surface area contributed by atoms with Crippen LogP contribution in [-0.4, -0.2) is 34.8 Å². The van der Waals surface area contributed by atoms with Crippen LogP contribution in [0.25, 0.3) is 0 Å². The number of nitrogens with one attached hydrogen (secondary N) is 2. The number of anilines is 1. The van der Waals surface area contributed by atoms with Gasteiger partial charge in [-0.25, -0.2) is 4.98 Å². The zero-order valence-corrected chi connectivity index (χ0v) is 17.4. The van der Waals surface area contributed by atoms with Crippen LogP contribution in [0.15, 0.2) is 22.9 Å². The number of thiazole rings is 1. The molecule has 1 atom stereocenters. The number of likely N-dealkylation sites (tertiary alicyclic amines) is 1. The zero-order chi connectivity index (χ0) is 19.2. The van der Waals surface area contributed by atoms with E-state index in [1.165, 1.54) is 42.4 Å². The molecule has 1 fully saturated rings. The van der Waals surface area contributed by atoms with Gasteiger partial charge in [0.25, 0.3) is 0 Å². The fraction of sp³-hybridized carbons (Fsp3) is 0.526. The van der Waals surface area contributed by atoms with Crippen LogP contribution in [0.4, 0.5) is 5.13 Å². The van der Waals surface area contributed by atoms with Crippen LogP contribution in [0.2, 0.25) is 0 Å². The Morgan fingerprint density at radius 3 is 2.78 bits per heavy atom. The Kier molecular flexibility index (Phi) is 6.98. The van der Waals surface area contributed by atoms with Gasteiger partial charge in [0.1, 0.15) is 0 Å². The second kappa shape index (κ2) is 9.43. The van der Waals surface area contributed by atoms with E-state index in [4.69, 9.17) is 0 Å². The second-order valence-corrected chi connectivity index (χ2v) is 8.96. The maximum Gasteiger partial charge on any atom is 0.228 e. The molecule has 1 aliphatic heterocycles. The number of carbonyl (C=O) groups excluding carboxylic acids is 2. The summed E-state index contributed by atoms with van der Waals surface area (Å²) in [4.78, 5) is 31.8. The number of piperidine rings is 1. The number of hydrogen-bond donors (Lipinski definition) is 2. The van der Waals surface area contributed by atoms with Crippen molar-refractivity contribution in [3.05, 3.63) is 33.5 Å². The summed E-state index contributed by atoms with van der Waals surface area (Å²) in [5, 5.41) is 10.3. The summed E-state index contributed by atoms with van der Waals surface area (Å²) in [5.74, 6) is 0.523. The molecule has 0 bridgehead atoms. The largest absolute Gasteiger partial charge is 0.348 e. The molecular formula is C19H26N4O2S2. The van der Waals surface area contributed by atoms with E-state index in [0.29, 0.717) is 5.13 Å². The molecule has 0 saturated carbocycles. The molecular weight excluding hydrogens is 380 g/mol. The summed E-state index contributed by atoms with van der Waals surface area (Å²) in [6, 6.07) is 3.54. The summed E-state index contributed by atoms with van der Waals surface area (Å²) in [7, 11) is 0. The first-order valence-corrected chi connectivity index (χ1v) is 11.0. The smallest absolute Gasteiger partial charge is 0.228 e. The summed E-state index contributed by atoms with van der Waals surface area (Å²) in [6.45, 7) is 6.83. The van der Waals surface area contributed by atoms with Crippen LogP contribution >= 0.6 is 22.7 Å². The topological polar surface area (TPSA) is 74.3 Å². The lowest BCUT2D eigenvalue weighted by Gasteiger charge is -2.29. The fourth-order valence-corrected chi connectivity index (χ4v) is 4.70. The number of carbonyl (C=O) groups is 2. The first-order chi connectivity index (χ1) is 13.0. The van der Waals surface area contributed by atoms with Crippen LogP contribution in [0.5, 0.6) is 0 Å². The molecule has 6 nitrogen and oxygen atoms in total. The van der Waals surface area contributed by atoms with Crippen molar-refractivity contribution < 1.29 is 9.59 Å². The molecule has 1 aliphatic rings. The fourth-order valence-electron chi connectivity index (χ4n) is 3.20. The van der Waals surface area contributed by atoms with Crippen LogP contribution in [0, 0.1) is 5.92 Å². The molecule has 2 amide bonds. The maximum absolute atomic E-state index is 12.4. The Morgan fingerprint density at radius 2 is 2.11 bits per heavy atom. The van der Waals surface area contributed by atoms with Gasteiger partial charge in [-0.15, -0.1) is 22.7 Å². The molecule has 0 spiro atoms. The van der Waals surface area contributed by atoms with E-state index in [2.05, 4.69) is 27.4 Å². The highest BCUT2D eigenvalue weighted by Crippen LogP contribution is 2.24. The first kappa shape index (κ1) is 20.0. The SMILES string of the molecule is CC(=O)NC(CC(=O)Nc1nc(CN2CCC(C)CC2)cs1)c1cccs1.